The summed E-state index contributed by atoms with van der Waals surface area (Å²) >= 11 is 7.35. The molecule has 3 aliphatic carbocycles. The molecule has 4 aliphatic rings. The molecule has 0 spiro atoms. The summed E-state index contributed by atoms with van der Waals surface area (Å²) in [5.74, 6) is 1.20. The molecule has 7 nitrogen and oxygen atoms in total. The van der Waals surface area contributed by atoms with Crippen LogP contribution >= 0.6 is 23.5 Å². The number of benzene rings is 1. The fraction of sp³-hybridized carbons (Fsp3) is 0.560. The summed E-state index contributed by atoms with van der Waals surface area (Å²) in [7, 11) is 0. The second-order valence-electron chi connectivity index (χ2n) is 10.7. The van der Waals surface area contributed by atoms with Gasteiger partial charge < -0.3 is 9.64 Å². The molecule has 1 aromatic carbocycles. The van der Waals surface area contributed by atoms with Crippen molar-refractivity contribution in [3.63, 3.8) is 0 Å². The number of rotatable bonds is 7. The van der Waals surface area contributed by atoms with E-state index in [0.29, 0.717) is 27.5 Å². The van der Waals surface area contributed by atoms with Gasteiger partial charge in [-0.25, -0.2) is 9.37 Å². The van der Waals surface area contributed by atoms with Gasteiger partial charge in [-0.1, -0.05) is 11.6 Å². The number of aromatic nitrogens is 4. The molecular weight excluding hydrogens is 487 g/mol. The summed E-state index contributed by atoms with van der Waals surface area (Å²) in [6.07, 6.45) is 4.87. The van der Waals surface area contributed by atoms with Gasteiger partial charge in [-0.2, -0.15) is 10.1 Å². The van der Waals surface area contributed by atoms with Gasteiger partial charge >= 0.3 is 0 Å². The summed E-state index contributed by atoms with van der Waals surface area (Å²) in [6.45, 7) is 8.55. The van der Waals surface area contributed by atoms with Crippen molar-refractivity contribution in [3.8, 4) is 5.88 Å². The first kappa shape index (κ1) is 23.5. The third-order valence-corrected chi connectivity index (χ3v) is 9.12. The first-order valence-corrected chi connectivity index (χ1v) is 13.5. The highest BCUT2D eigenvalue weighted by molar-refractivity contribution is 7.97. The smallest absolute Gasteiger partial charge is 0.228 e. The quantitative estimate of drug-likeness (QED) is 0.419. The average Bonchev–Trinajstić information content (AvgIpc) is 3.15. The fourth-order valence-electron chi connectivity index (χ4n) is 5.87. The Hall–Kier alpha value is -1.94. The highest BCUT2D eigenvalue weighted by atomic mass is 35.5. The number of H-pyrrole nitrogens is 1. The Morgan fingerprint density at radius 3 is 2.69 bits per heavy atom. The summed E-state index contributed by atoms with van der Waals surface area (Å²) in [4.78, 5) is 12.8. The number of aryl methyl sites for hydroxylation is 1. The molecule has 2 bridgehead atoms. The molecule has 0 amide bonds. The maximum Gasteiger partial charge on any atom is 0.228 e. The van der Waals surface area contributed by atoms with Gasteiger partial charge in [0, 0.05) is 40.8 Å². The third kappa shape index (κ3) is 4.10. The SMILES string of the molecule is Cc1[nH]nc2nc(C34CC(NSc5cc(Cl)ccc5F)(C3)C4)nc(OC3CCN(C(C)C)CC3)c12. The zero-order chi connectivity index (χ0) is 24.4. The van der Waals surface area contributed by atoms with Gasteiger partial charge in [-0.15, -0.1) is 0 Å². The number of aromatic amines is 1. The largest absolute Gasteiger partial charge is 0.474 e. The molecule has 0 atom stereocenters. The molecule has 7 rings (SSSR count). The lowest BCUT2D eigenvalue weighted by Gasteiger charge is -2.69. The normalized spacial score (nSPS) is 26.7. The lowest BCUT2D eigenvalue weighted by atomic mass is 9.39. The minimum Gasteiger partial charge on any atom is -0.474 e. The van der Waals surface area contributed by atoms with E-state index in [4.69, 9.17) is 26.3 Å². The number of likely N-dealkylation sites (tertiary alicyclic amines) is 1. The van der Waals surface area contributed by atoms with Gasteiger partial charge in [0.25, 0.3) is 0 Å². The van der Waals surface area contributed by atoms with E-state index in [2.05, 4.69) is 33.7 Å². The fourth-order valence-corrected chi connectivity index (χ4v) is 7.00. The third-order valence-electron chi connectivity index (χ3n) is 7.82. The van der Waals surface area contributed by atoms with Crippen LogP contribution in [0.1, 0.15) is 57.5 Å². The Labute approximate surface area is 213 Å². The van der Waals surface area contributed by atoms with Gasteiger partial charge in [-0.3, -0.25) is 9.82 Å². The molecule has 3 saturated carbocycles. The van der Waals surface area contributed by atoms with E-state index in [1.54, 1.807) is 12.1 Å². The molecule has 186 valence electrons. The van der Waals surface area contributed by atoms with Gasteiger partial charge in [-0.05, 0) is 83.0 Å². The summed E-state index contributed by atoms with van der Waals surface area (Å²) in [5.41, 5.74) is 1.51. The standard InChI is InChI=1S/C25H30ClFN6OS/c1-14(2)33-8-6-17(7-9-33)34-22-20-15(3)30-31-21(20)28-23(29-22)24-11-25(12-24,13-24)32-35-19-10-16(26)4-5-18(19)27/h4-5,10,14,17,32H,6-9,11-13H2,1-3H3,(H,28,29,30,31). The molecule has 0 unspecified atom stereocenters. The predicted molar refractivity (Wildman–Crippen MR) is 135 cm³/mol. The van der Waals surface area contributed by atoms with Crippen LogP contribution in [0.15, 0.2) is 23.1 Å². The molecule has 3 heterocycles. The van der Waals surface area contributed by atoms with Gasteiger partial charge in [0.1, 0.15) is 23.1 Å². The predicted octanol–water partition coefficient (Wildman–Crippen LogP) is 5.18. The van der Waals surface area contributed by atoms with E-state index in [1.165, 1.54) is 18.0 Å². The van der Waals surface area contributed by atoms with Crippen molar-refractivity contribution in [2.45, 2.75) is 80.9 Å². The topological polar surface area (TPSA) is 79.0 Å². The van der Waals surface area contributed by atoms with Crippen LogP contribution in [0.5, 0.6) is 5.88 Å². The zero-order valence-corrected chi connectivity index (χ0v) is 21.8. The number of hydrogen-bond acceptors (Lipinski definition) is 7. The van der Waals surface area contributed by atoms with Crippen molar-refractivity contribution in [1.29, 1.82) is 0 Å². The van der Waals surface area contributed by atoms with Crippen LogP contribution in [0.25, 0.3) is 11.0 Å². The van der Waals surface area contributed by atoms with Crippen LogP contribution in [0.4, 0.5) is 4.39 Å². The van der Waals surface area contributed by atoms with Crippen molar-refractivity contribution in [3.05, 3.63) is 40.6 Å². The van der Waals surface area contributed by atoms with Crippen LogP contribution < -0.4 is 9.46 Å². The number of nitrogens with zero attached hydrogens (tertiary/aromatic N) is 4. The van der Waals surface area contributed by atoms with E-state index in [-0.39, 0.29) is 22.9 Å². The summed E-state index contributed by atoms with van der Waals surface area (Å²) in [6, 6.07) is 5.18. The monoisotopic (exact) mass is 516 g/mol. The molecule has 4 fully saturated rings. The number of fused-ring (bicyclic) bond motifs is 1. The minimum atomic E-state index is -0.267. The Morgan fingerprint density at radius 2 is 1.97 bits per heavy atom. The number of halogens is 2. The van der Waals surface area contributed by atoms with E-state index in [0.717, 1.165) is 62.1 Å². The van der Waals surface area contributed by atoms with E-state index < -0.39 is 0 Å². The Bertz CT molecular complexity index is 1250. The van der Waals surface area contributed by atoms with E-state index in [9.17, 15) is 4.39 Å². The van der Waals surface area contributed by atoms with Crippen LogP contribution in [-0.4, -0.2) is 55.8 Å². The zero-order valence-electron chi connectivity index (χ0n) is 20.2. The van der Waals surface area contributed by atoms with Crippen LogP contribution in [0, 0.1) is 12.7 Å². The highest BCUT2D eigenvalue weighted by Gasteiger charge is 2.70. The first-order valence-electron chi connectivity index (χ1n) is 12.3. The summed E-state index contributed by atoms with van der Waals surface area (Å²) in [5, 5.41) is 8.90. The second-order valence-corrected chi connectivity index (χ2v) is 12.0. The number of hydrogen-bond donors (Lipinski definition) is 2. The van der Waals surface area contributed by atoms with Crippen LogP contribution in [0.3, 0.4) is 0 Å². The van der Waals surface area contributed by atoms with Crippen LogP contribution in [-0.2, 0) is 5.41 Å². The molecule has 1 saturated heterocycles. The van der Waals surface area contributed by atoms with Crippen molar-refractivity contribution >= 4 is 34.6 Å². The first-order chi connectivity index (χ1) is 16.8. The molecule has 35 heavy (non-hydrogen) atoms. The molecule has 2 aromatic heterocycles. The number of piperidine rings is 1. The second kappa shape index (κ2) is 8.57. The Balaban J connectivity index is 1.17. The maximum atomic E-state index is 14.1. The lowest BCUT2D eigenvalue weighted by Crippen LogP contribution is -2.75. The minimum absolute atomic E-state index is 0.0239. The molecule has 1 aliphatic heterocycles. The highest BCUT2D eigenvalue weighted by Crippen LogP contribution is 2.68. The number of nitrogens with one attached hydrogen (secondary N) is 2. The molecule has 10 heteroatoms. The molecule has 0 radical (unpaired) electrons. The van der Waals surface area contributed by atoms with E-state index in [1.807, 2.05) is 6.92 Å². The maximum absolute atomic E-state index is 14.1. The molecule has 3 aromatic rings. The van der Waals surface area contributed by atoms with Gasteiger partial charge in [0.15, 0.2) is 5.65 Å². The number of ether oxygens (including phenoxy) is 1. The van der Waals surface area contributed by atoms with Crippen molar-refractivity contribution in [2.24, 2.45) is 0 Å². The molecule has 2 N–H and O–H groups in total. The lowest BCUT2D eigenvalue weighted by molar-refractivity contribution is -0.0764. The van der Waals surface area contributed by atoms with E-state index >= 15 is 0 Å². The van der Waals surface area contributed by atoms with Crippen molar-refractivity contribution < 1.29 is 9.13 Å². The van der Waals surface area contributed by atoms with Crippen molar-refractivity contribution in [2.75, 3.05) is 13.1 Å². The van der Waals surface area contributed by atoms with Crippen molar-refractivity contribution in [1.82, 2.24) is 29.8 Å². The van der Waals surface area contributed by atoms with Crippen LogP contribution in [0.2, 0.25) is 5.02 Å². The Morgan fingerprint density at radius 1 is 1.23 bits per heavy atom. The Kier molecular flexibility index (Phi) is 5.75. The van der Waals surface area contributed by atoms with Gasteiger partial charge in [0.05, 0.1) is 4.90 Å². The summed E-state index contributed by atoms with van der Waals surface area (Å²) < 4.78 is 24.1. The molecular formula is C25H30ClFN6OS. The average molecular weight is 517 g/mol. The van der Waals surface area contributed by atoms with Gasteiger partial charge in [0.2, 0.25) is 5.88 Å².